The number of nitrogens with one attached hydrogen (secondary N) is 1. The number of benzene rings is 1. The standard InChI is InChI=1S/C19H22N2O2/c1-5-6-17(15-7-12(2)8-16(23)9-15)18-10-19(21-14(4)22)20-11-13(18)3/h6-11,23H,5H2,1-4H3,(H,20,21,22)/b17-6-. The number of aryl methyl sites for hydroxylation is 2. The van der Waals surface area contributed by atoms with E-state index in [0.717, 1.165) is 34.2 Å². The number of carbonyl (C=O) groups excluding carboxylic acids is 1. The van der Waals surface area contributed by atoms with Gasteiger partial charge in [-0.2, -0.15) is 0 Å². The second-order valence-corrected chi connectivity index (χ2v) is 5.65. The fourth-order valence-corrected chi connectivity index (χ4v) is 2.57. The van der Waals surface area contributed by atoms with Gasteiger partial charge in [0.05, 0.1) is 0 Å². The summed E-state index contributed by atoms with van der Waals surface area (Å²) in [7, 11) is 0. The summed E-state index contributed by atoms with van der Waals surface area (Å²) in [6.07, 6.45) is 4.73. The van der Waals surface area contributed by atoms with Gasteiger partial charge in [0, 0.05) is 13.1 Å². The number of phenolic OH excluding ortho intramolecular Hbond substituents is 1. The molecule has 4 heteroatoms. The number of pyridine rings is 1. The van der Waals surface area contributed by atoms with Crippen molar-refractivity contribution in [2.24, 2.45) is 0 Å². The Bertz CT molecular complexity index is 744. The van der Waals surface area contributed by atoms with Crippen molar-refractivity contribution < 1.29 is 9.90 Å². The number of allylic oxidation sites excluding steroid dienone is 1. The van der Waals surface area contributed by atoms with Crippen LogP contribution in [-0.4, -0.2) is 16.0 Å². The molecule has 0 bridgehead atoms. The van der Waals surface area contributed by atoms with E-state index in [2.05, 4.69) is 23.3 Å². The predicted molar refractivity (Wildman–Crippen MR) is 93.5 cm³/mol. The Kier molecular flexibility index (Phi) is 5.16. The van der Waals surface area contributed by atoms with Gasteiger partial charge in [-0.1, -0.05) is 19.1 Å². The maximum Gasteiger partial charge on any atom is 0.222 e. The van der Waals surface area contributed by atoms with Crippen molar-refractivity contribution in [2.75, 3.05) is 5.32 Å². The van der Waals surface area contributed by atoms with Gasteiger partial charge in [0.2, 0.25) is 5.91 Å². The van der Waals surface area contributed by atoms with Crippen molar-refractivity contribution in [1.29, 1.82) is 0 Å². The smallest absolute Gasteiger partial charge is 0.222 e. The maximum absolute atomic E-state index is 11.3. The zero-order valence-electron chi connectivity index (χ0n) is 14.0. The minimum atomic E-state index is -0.151. The van der Waals surface area contributed by atoms with Crippen LogP contribution in [0, 0.1) is 13.8 Å². The summed E-state index contributed by atoms with van der Waals surface area (Å²) in [6, 6.07) is 7.40. The summed E-state index contributed by atoms with van der Waals surface area (Å²) in [5, 5.41) is 12.6. The van der Waals surface area contributed by atoms with Gasteiger partial charge in [0.25, 0.3) is 0 Å². The summed E-state index contributed by atoms with van der Waals surface area (Å²) in [6.45, 7) is 7.47. The molecule has 0 aliphatic carbocycles. The van der Waals surface area contributed by atoms with Crippen molar-refractivity contribution in [2.45, 2.75) is 34.1 Å². The molecule has 0 atom stereocenters. The predicted octanol–water partition coefficient (Wildman–Crippen LogP) is 4.20. The molecule has 0 spiro atoms. The highest BCUT2D eigenvalue weighted by atomic mass is 16.3. The van der Waals surface area contributed by atoms with Crippen LogP contribution in [0.25, 0.3) is 5.57 Å². The number of carbonyl (C=O) groups is 1. The van der Waals surface area contributed by atoms with E-state index in [1.165, 1.54) is 6.92 Å². The monoisotopic (exact) mass is 310 g/mol. The molecular formula is C19H22N2O2. The lowest BCUT2D eigenvalue weighted by Gasteiger charge is -2.14. The van der Waals surface area contributed by atoms with Crippen LogP contribution >= 0.6 is 0 Å². The van der Waals surface area contributed by atoms with E-state index in [1.54, 1.807) is 18.3 Å². The van der Waals surface area contributed by atoms with Crippen LogP contribution < -0.4 is 5.32 Å². The number of aromatic nitrogens is 1. The van der Waals surface area contributed by atoms with Gasteiger partial charge < -0.3 is 10.4 Å². The summed E-state index contributed by atoms with van der Waals surface area (Å²) in [5.74, 6) is 0.620. The van der Waals surface area contributed by atoms with Crippen molar-refractivity contribution in [1.82, 2.24) is 4.98 Å². The van der Waals surface area contributed by atoms with Gasteiger partial charge in [0.15, 0.2) is 0 Å². The molecular weight excluding hydrogens is 288 g/mol. The fourth-order valence-electron chi connectivity index (χ4n) is 2.57. The van der Waals surface area contributed by atoms with E-state index in [1.807, 2.05) is 26.0 Å². The Labute approximate surface area is 136 Å². The zero-order valence-corrected chi connectivity index (χ0v) is 14.0. The molecule has 0 aliphatic heterocycles. The number of nitrogens with zero attached hydrogens (tertiary/aromatic N) is 1. The highest BCUT2D eigenvalue weighted by Crippen LogP contribution is 2.30. The molecule has 2 rings (SSSR count). The van der Waals surface area contributed by atoms with Gasteiger partial charge in [-0.05, 0) is 66.3 Å². The van der Waals surface area contributed by atoms with Crippen LogP contribution in [0.4, 0.5) is 5.82 Å². The first-order valence-electron chi connectivity index (χ1n) is 7.66. The lowest BCUT2D eigenvalue weighted by atomic mass is 9.93. The molecule has 0 fully saturated rings. The van der Waals surface area contributed by atoms with Crippen molar-refractivity contribution >= 4 is 17.3 Å². The number of amides is 1. The summed E-state index contributed by atoms with van der Waals surface area (Å²) >= 11 is 0. The minimum absolute atomic E-state index is 0.151. The summed E-state index contributed by atoms with van der Waals surface area (Å²) in [5.41, 5.74) is 4.98. The quantitative estimate of drug-likeness (QED) is 0.889. The number of aromatic hydroxyl groups is 1. The minimum Gasteiger partial charge on any atom is -0.508 e. The van der Waals surface area contributed by atoms with Crippen LogP contribution in [0.1, 0.15) is 42.5 Å². The van der Waals surface area contributed by atoms with Crippen LogP contribution in [0.2, 0.25) is 0 Å². The summed E-state index contributed by atoms with van der Waals surface area (Å²) in [4.78, 5) is 15.5. The Balaban J connectivity index is 2.57. The van der Waals surface area contributed by atoms with Crippen LogP contribution in [-0.2, 0) is 4.79 Å². The second-order valence-electron chi connectivity index (χ2n) is 5.65. The molecule has 0 aliphatic rings. The largest absolute Gasteiger partial charge is 0.508 e. The van der Waals surface area contributed by atoms with E-state index in [0.29, 0.717) is 5.82 Å². The van der Waals surface area contributed by atoms with Gasteiger partial charge in [-0.15, -0.1) is 0 Å². The lowest BCUT2D eigenvalue weighted by molar-refractivity contribution is -0.114. The third kappa shape index (κ3) is 4.19. The Morgan fingerprint density at radius 1 is 1.26 bits per heavy atom. The number of phenols is 1. The highest BCUT2D eigenvalue weighted by molar-refractivity contribution is 5.89. The van der Waals surface area contributed by atoms with E-state index >= 15 is 0 Å². The van der Waals surface area contributed by atoms with E-state index < -0.39 is 0 Å². The Hall–Kier alpha value is -2.62. The molecule has 2 aromatic rings. The SMILES string of the molecule is CC/C=C(/c1cc(C)cc(O)c1)c1cc(NC(C)=O)ncc1C. The van der Waals surface area contributed by atoms with E-state index in [4.69, 9.17) is 0 Å². The number of rotatable bonds is 4. The molecule has 0 saturated carbocycles. The third-order valence-corrected chi connectivity index (χ3v) is 3.48. The molecule has 120 valence electrons. The molecule has 1 amide bonds. The highest BCUT2D eigenvalue weighted by Gasteiger charge is 2.11. The van der Waals surface area contributed by atoms with E-state index in [-0.39, 0.29) is 11.7 Å². The average molecular weight is 310 g/mol. The van der Waals surface area contributed by atoms with Crippen LogP contribution in [0.5, 0.6) is 5.75 Å². The van der Waals surface area contributed by atoms with Gasteiger partial charge in [-0.3, -0.25) is 4.79 Å². The number of hydrogen-bond acceptors (Lipinski definition) is 3. The van der Waals surface area contributed by atoms with Gasteiger partial charge in [0.1, 0.15) is 11.6 Å². The number of hydrogen-bond donors (Lipinski definition) is 2. The first-order chi connectivity index (χ1) is 10.9. The first-order valence-corrected chi connectivity index (χ1v) is 7.66. The molecule has 4 nitrogen and oxygen atoms in total. The van der Waals surface area contributed by atoms with Crippen molar-refractivity contribution in [3.63, 3.8) is 0 Å². The van der Waals surface area contributed by atoms with Crippen molar-refractivity contribution in [3.8, 4) is 5.75 Å². The third-order valence-electron chi connectivity index (χ3n) is 3.48. The molecule has 0 unspecified atom stereocenters. The van der Waals surface area contributed by atoms with Gasteiger partial charge in [-0.25, -0.2) is 4.98 Å². The molecule has 23 heavy (non-hydrogen) atoms. The Morgan fingerprint density at radius 3 is 2.61 bits per heavy atom. The second kappa shape index (κ2) is 7.09. The lowest BCUT2D eigenvalue weighted by Crippen LogP contribution is -2.08. The zero-order chi connectivity index (χ0) is 17.0. The van der Waals surface area contributed by atoms with Crippen molar-refractivity contribution in [3.05, 3.63) is 58.8 Å². The molecule has 1 heterocycles. The normalized spacial score (nSPS) is 11.4. The summed E-state index contributed by atoms with van der Waals surface area (Å²) < 4.78 is 0. The Morgan fingerprint density at radius 2 is 2.00 bits per heavy atom. The number of anilines is 1. The molecule has 1 aromatic heterocycles. The molecule has 2 N–H and O–H groups in total. The van der Waals surface area contributed by atoms with E-state index in [9.17, 15) is 9.90 Å². The average Bonchev–Trinajstić information content (AvgIpc) is 2.45. The molecule has 0 radical (unpaired) electrons. The molecule has 1 aromatic carbocycles. The fraction of sp³-hybridized carbons (Fsp3) is 0.263. The topological polar surface area (TPSA) is 62.2 Å². The maximum atomic E-state index is 11.3. The van der Waals surface area contributed by atoms with Gasteiger partial charge >= 0.3 is 0 Å². The van der Waals surface area contributed by atoms with Crippen LogP contribution in [0.15, 0.2) is 36.5 Å². The van der Waals surface area contributed by atoms with Crippen LogP contribution in [0.3, 0.4) is 0 Å². The first kappa shape index (κ1) is 16.7. The molecule has 0 saturated heterocycles.